The largest absolute Gasteiger partial charge is 0.477 e. The summed E-state index contributed by atoms with van der Waals surface area (Å²) in [6.45, 7) is 4.05. The molecular weight excluding hydrogens is 276 g/mol. The fourth-order valence-electron chi connectivity index (χ4n) is 2.50. The van der Waals surface area contributed by atoms with Crippen molar-refractivity contribution in [1.29, 1.82) is 0 Å². The lowest BCUT2D eigenvalue weighted by Crippen LogP contribution is -2.32. The number of benzene rings is 1. The van der Waals surface area contributed by atoms with Gasteiger partial charge >= 0.3 is 5.97 Å². The Labute approximate surface area is 122 Å². The van der Waals surface area contributed by atoms with E-state index in [4.69, 9.17) is 9.84 Å². The monoisotopic (exact) mass is 294 g/mol. The van der Waals surface area contributed by atoms with Crippen molar-refractivity contribution < 1.29 is 19.6 Å². The Bertz CT molecular complexity index is 540. The van der Waals surface area contributed by atoms with E-state index in [9.17, 15) is 14.9 Å². The molecule has 1 aliphatic rings. The molecule has 7 nitrogen and oxygen atoms in total. The molecule has 1 N–H and O–H groups in total. The van der Waals surface area contributed by atoms with Gasteiger partial charge in [-0.1, -0.05) is 0 Å². The van der Waals surface area contributed by atoms with Crippen molar-refractivity contribution in [3.8, 4) is 0 Å². The standard InChI is InChI=1S/C14H18N2O5/c1-2-15(9-11-4-3-7-21-11)10-5-6-13(16(19)20)12(8-10)14(17)18/h5-6,8,11H,2-4,7,9H2,1H3,(H,17,18). The summed E-state index contributed by atoms with van der Waals surface area (Å²) in [6, 6.07) is 4.19. The summed E-state index contributed by atoms with van der Waals surface area (Å²) in [5, 5.41) is 20.0. The number of anilines is 1. The van der Waals surface area contributed by atoms with Gasteiger partial charge < -0.3 is 14.7 Å². The Hall–Kier alpha value is -2.15. The quantitative estimate of drug-likeness (QED) is 0.639. The molecule has 7 heteroatoms. The molecular formula is C14H18N2O5. The molecule has 1 fully saturated rings. The molecule has 0 amide bonds. The summed E-state index contributed by atoms with van der Waals surface area (Å²) in [5.74, 6) is -1.29. The molecule has 0 bridgehead atoms. The number of nitrogens with zero attached hydrogens (tertiary/aromatic N) is 2. The fraction of sp³-hybridized carbons (Fsp3) is 0.500. The van der Waals surface area contributed by atoms with Crippen LogP contribution in [0.3, 0.4) is 0 Å². The minimum atomic E-state index is -1.29. The fourth-order valence-corrected chi connectivity index (χ4v) is 2.50. The number of nitro benzene ring substituents is 1. The maximum Gasteiger partial charge on any atom is 0.342 e. The average Bonchev–Trinajstić information content (AvgIpc) is 2.97. The van der Waals surface area contributed by atoms with Crippen molar-refractivity contribution in [2.45, 2.75) is 25.9 Å². The number of carbonyl (C=O) groups is 1. The van der Waals surface area contributed by atoms with Crippen LogP contribution in [0.5, 0.6) is 0 Å². The van der Waals surface area contributed by atoms with E-state index < -0.39 is 10.9 Å². The van der Waals surface area contributed by atoms with Crippen LogP contribution in [0.25, 0.3) is 0 Å². The molecule has 1 unspecified atom stereocenters. The van der Waals surface area contributed by atoms with Crippen molar-refractivity contribution in [3.63, 3.8) is 0 Å². The molecule has 1 aromatic rings. The lowest BCUT2D eigenvalue weighted by atomic mass is 10.1. The second kappa shape index (κ2) is 6.53. The highest BCUT2D eigenvalue weighted by Crippen LogP contribution is 2.26. The molecule has 0 aromatic heterocycles. The van der Waals surface area contributed by atoms with E-state index in [0.717, 1.165) is 19.4 Å². The number of hydrogen-bond acceptors (Lipinski definition) is 5. The van der Waals surface area contributed by atoms with Gasteiger partial charge in [-0.25, -0.2) is 4.79 Å². The zero-order chi connectivity index (χ0) is 15.4. The van der Waals surface area contributed by atoms with Crippen LogP contribution in [0.4, 0.5) is 11.4 Å². The maximum absolute atomic E-state index is 11.2. The SMILES string of the molecule is CCN(CC1CCCO1)c1ccc([N+](=O)[O-])c(C(=O)O)c1. The van der Waals surface area contributed by atoms with Gasteiger partial charge in [0.05, 0.1) is 11.0 Å². The third-order valence-electron chi connectivity index (χ3n) is 3.60. The van der Waals surface area contributed by atoms with Crippen LogP contribution >= 0.6 is 0 Å². The molecule has 114 valence electrons. The first-order chi connectivity index (χ1) is 10.0. The first-order valence-electron chi connectivity index (χ1n) is 6.91. The second-order valence-corrected chi connectivity index (χ2v) is 4.94. The third-order valence-corrected chi connectivity index (χ3v) is 3.60. The molecule has 21 heavy (non-hydrogen) atoms. The van der Waals surface area contributed by atoms with Gasteiger partial charge in [0.1, 0.15) is 5.56 Å². The Morgan fingerprint density at radius 1 is 1.57 bits per heavy atom. The van der Waals surface area contributed by atoms with Gasteiger partial charge in [-0.3, -0.25) is 10.1 Å². The molecule has 1 saturated heterocycles. The van der Waals surface area contributed by atoms with Crippen LogP contribution in [-0.2, 0) is 4.74 Å². The number of carboxylic acids is 1. The summed E-state index contributed by atoms with van der Waals surface area (Å²) < 4.78 is 5.58. The molecule has 0 spiro atoms. The first-order valence-corrected chi connectivity index (χ1v) is 6.91. The normalized spacial score (nSPS) is 17.7. The molecule has 0 saturated carbocycles. The van der Waals surface area contributed by atoms with Crippen molar-refractivity contribution in [2.75, 3.05) is 24.6 Å². The highest BCUT2D eigenvalue weighted by Gasteiger charge is 2.23. The molecule has 1 aliphatic heterocycles. The predicted octanol–water partition coefficient (Wildman–Crippen LogP) is 2.30. The van der Waals surface area contributed by atoms with E-state index in [2.05, 4.69) is 0 Å². The van der Waals surface area contributed by atoms with Crippen molar-refractivity contribution in [3.05, 3.63) is 33.9 Å². The van der Waals surface area contributed by atoms with Crippen LogP contribution in [-0.4, -0.2) is 41.8 Å². The minimum Gasteiger partial charge on any atom is -0.477 e. The smallest absolute Gasteiger partial charge is 0.342 e. The van der Waals surface area contributed by atoms with Gasteiger partial charge in [0.25, 0.3) is 5.69 Å². The summed E-state index contributed by atoms with van der Waals surface area (Å²) in [7, 11) is 0. The number of carboxylic acid groups (broad SMARTS) is 1. The third kappa shape index (κ3) is 3.49. The zero-order valence-electron chi connectivity index (χ0n) is 11.8. The molecule has 2 rings (SSSR count). The molecule has 0 radical (unpaired) electrons. The summed E-state index contributed by atoms with van der Waals surface area (Å²) >= 11 is 0. The summed E-state index contributed by atoms with van der Waals surface area (Å²) in [4.78, 5) is 23.4. The Morgan fingerprint density at radius 2 is 2.33 bits per heavy atom. The lowest BCUT2D eigenvalue weighted by molar-refractivity contribution is -0.385. The van der Waals surface area contributed by atoms with Gasteiger partial charge in [-0.15, -0.1) is 0 Å². The van der Waals surface area contributed by atoms with Crippen LogP contribution in [0.15, 0.2) is 18.2 Å². The molecule has 1 atom stereocenters. The lowest BCUT2D eigenvalue weighted by Gasteiger charge is -2.26. The van der Waals surface area contributed by atoms with Gasteiger partial charge in [0.15, 0.2) is 0 Å². The van der Waals surface area contributed by atoms with Gasteiger partial charge in [-0.05, 0) is 31.9 Å². The van der Waals surface area contributed by atoms with E-state index >= 15 is 0 Å². The van der Waals surface area contributed by atoms with Crippen molar-refractivity contribution >= 4 is 17.3 Å². The Kier molecular flexibility index (Phi) is 4.74. The summed E-state index contributed by atoms with van der Waals surface area (Å²) in [5.41, 5.74) is -0.0151. The molecule has 1 aromatic carbocycles. The van der Waals surface area contributed by atoms with Gasteiger partial charge in [-0.2, -0.15) is 0 Å². The predicted molar refractivity (Wildman–Crippen MR) is 76.9 cm³/mol. The number of likely N-dealkylation sites (N-methyl/N-ethyl adjacent to an activating group) is 1. The van der Waals surface area contributed by atoms with Gasteiger partial charge in [0, 0.05) is 31.5 Å². The number of ether oxygens (including phenoxy) is 1. The van der Waals surface area contributed by atoms with Gasteiger partial charge in [0.2, 0.25) is 0 Å². The number of nitro groups is 1. The van der Waals surface area contributed by atoms with Crippen molar-refractivity contribution in [2.24, 2.45) is 0 Å². The average molecular weight is 294 g/mol. The topological polar surface area (TPSA) is 92.9 Å². The minimum absolute atomic E-state index is 0.133. The van der Waals surface area contributed by atoms with Crippen LogP contribution in [0.2, 0.25) is 0 Å². The van der Waals surface area contributed by atoms with E-state index in [-0.39, 0.29) is 17.4 Å². The van der Waals surface area contributed by atoms with E-state index in [1.54, 1.807) is 6.07 Å². The first kappa shape index (κ1) is 15.2. The number of hydrogen-bond donors (Lipinski definition) is 1. The van der Waals surface area contributed by atoms with Crippen molar-refractivity contribution in [1.82, 2.24) is 0 Å². The van der Waals surface area contributed by atoms with E-state index in [1.165, 1.54) is 12.1 Å². The Balaban J connectivity index is 2.26. The van der Waals surface area contributed by atoms with E-state index in [0.29, 0.717) is 18.8 Å². The summed E-state index contributed by atoms with van der Waals surface area (Å²) in [6.07, 6.45) is 2.14. The maximum atomic E-state index is 11.2. The van der Waals surface area contributed by atoms with Crippen LogP contribution in [0, 0.1) is 10.1 Å². The zero-order valence-corrected chi connectivity index (χ0v) is 11.8. The van der Waals surface area contributed by atoms with Crippen LogP contribution in [0.1, 0.15) is 30.1 Å². The van der Waals surface area contributed by atoms with Crippen LogP contribution < -0.4 is 4.90 Å². The second-order valence-electron chi connectivity index (χ2n) is 4.94. The molecule has 1 heterocycles. The number of rotatable bonds is 6. The highest BCUT2D eigenvalue weighted by molar-refractivity contribution is 5.93. The highest BCUT2D eigenvalue weighted by atomic mass is 16.6. The molecule has 0 aliphatic carbocycles. The number of aromatic carboxylic acids is 1. The Morgan fingerprint density at radius 3 is 2.86 bits per heavy atom. The van der Waals surface area contributed by atoms with E-state index in [1.807, 2.05) is 11.8 Å².